The number of piperidine rings is 1. The summed E-state index contributed by atoms with van der Waals surface area (Å²) in [5.74, 6) is -0.442. The van der Waals surface area contributed by atoms with E-state index in [0.29, 0.717) is 35.2 Å². The Balaban J connectivity index is 1.09. The number of hydrogen-bond donors (Lipinski definition) is 2. The summed E-state index contributed by atoms with van der Waals surface area (Å²) in [7, 11) is 0. The van der Waals surface area contributed by atoms with Gasteiger partial charge in [-0.3, -0.25) is 4.90 Å². The van der Waals surface area contributed by atoms with Crippen LogP contribution in [0.3, 0.4) is 0 Å². The van der Waals surface area contributed by atoms with Crippen LogP contribution >= 0.6 is 11.6 Å². The Morgan fingerprint density at radius 2 is 1.91 bits per heavy atom. The predicted octanol–water partition coefficient (Wildman–Crippen LogP) is 6.47. The van der Waals surface area contributed by atoms with Crippen LogP contribution in [0, 0.1) is 5.82 Å². The summed E-state index contributed by atoms with van der Waals surface area (Å²) in [6.45, 7) is 4.37. The molecular weight excluding hydrogens is 573 g/mol. The lowest BCUT2D eigenvalue weighted by atomic mass is 9.80. The van der Waals surface area contributed by atoms with E-state index in [-0.39, 0.29) is 11.5 Å². The molecule has 2 aliphatic heterocycles. The Hall–Kier alpha value is -3.66. The summed E-state index contributed by atoms with van der Waals surface area (Å²) in [4.78, 5) is 18.9. The van der Waals surface area contributed by atoms with Gasteiger partial charge in [-0.2, -0.15) is 0 Å². The maximum Gasteiger partial charge on any atom is 0.335 e. The molecule has 224 valence electrons. The molecule has 7 rings (SSSR count). The van der Waals surface area contributed by atoms with Crippen molar-refractivity contribution in [3.05, 3.63) is 88.0 Å². The fourth-order valence-electron chi connectivity index (χ4n) is 6.68. The number of benzene rings is 3. The van der Waals surface area contributed by atoms with Crippen LogP contribution in [0.25, 0.3) is 11.0 Å². The summed E-state index contributed by atoms with van der Waals surface area (Å²) in [6, 6.07) is 15.3. The lowest BCUT2D eigenvalue weighted by Crippen LogP contribution is -2.42. The lowest BCUT2D eigenvalue weighted by Gasteiger charge is -2.38. The van der Waals surface area contributed by atoms with Crippen LogP contribution in [0.2, 0.25) is 5.02 Å². The predicted molar refractivity (Wildman–Crippen MR) is 159 cm³/mol. The zero-order valence-electron chi connectivity index (χ0n) is 23.9. The van der Waals surface area contributed by atoms with Gasteiger partial charge in [-0.1, -0.05) is 23.7 Å². The molecule has 1 atom stereocenters. The summed E-state index contributed by atoms with van der Waals surface area (Å²) in [5, 5.41) is 20.9. The fraction of sp³-hybridized carbons (Fsp3) is 0.394. The maximum atomic E-state index is 14.8. The number of carbonyl (C=O) groups is 1. The molecule has 4 aromatic rings. The van der Waals surface area contributed by atoms with Gasteiger partial charge in [-0.25, -0.2) is 14.2 Å². The minimum Gasteiger partial charge on any atom is -0.478 e. The minimum atomic E-state index is -1.29. The highest BCUT2D eigenvalue weighted by atomic mass is 35.5. The van der Waals surface area contributed by atoms with Crippen LogP contribution in [-0.4, -0.2) is 49.3 Å². The van der Waals surface area contributed by atoms with Gasteiger partial charge in [0.2, 0.25) is 0 Å². The number of aromatic carboxylic acids is 1. The number of rotatable bonds is 7. The summed E-state index contributed by atoms with van der Waals surface area (Å²) < 4.78 is 29.3. The first-order chi connectivity index (χ1) is 20.6. The molecule has 3 aromatic carbocycles. The summed E-state index contributed by atoms with van der Waals surface area (Å²) in [6.07, 6.45) is 4.22. The molecule has 1 saturated heterocycles. The zero-order valence-corrected chi connectivity index (χ0v) is 24.6. The van der Waals surface area contributed by atoms with Crippen molar-refractivity contribution >= 4 is 28.6 Å². The highest BCUT2D eigenvalue weighted by Crippen LogP contribution is 2.50. The number of ether oxygens (including phenoxy) is 2. The van der Waals surface area contributed by atoms with Crippen molar-refractivity contribution in [2.75, 3.05) is 13.1 Å². The molecule has 2 fully saturated rings. The zero-order chi connectivity index (χ0) is 29.9. The third kappa shape index (κ3) is 5.13. The van der Waals surface area contributed by atoms with Gasteiger partial charge in [0, 0.05) is 17.5 Å². The van der Waals surface area contributed by atoms with Gasteiger partial charge in [0.25, 0.3) is 5.79 Å². The SMILES string of the molecule is CC1(c2ccc(Cl)cc2F)Oc2cccc(C3CCN(Cc4nc5ccc(C(=O)O)cc5n4CC4(O)CCC4)CC3)c2O1. The van der Waals surface area contributed by atoms with Crippen molar-refractivity contribution < 1.29 is 28.9 Å². The Kier molecular flexibility index (Phi) is 6.87. The molecule has 0 bridgehead atoms. The van der Waals surface area contributed by atoms with E-state index in [4.69, 9.17) is 26.1 Å². The molecule has 43 heavy (non-hydrogen) atoms. The summed E-state index contributed by atoms with van der Waals surface area (Å²) >= 11 is 5.97. The van der Waals surface area contributed by atoms with Crippen molar-refractivity contribution in [2.45, 2.75) is 69.4 Å². The number of para-hydroxylation sites is 1. The van der Waals surface area contributed by atoms with E-state index in [0.717, 1.165) is 67.6 Å². The van der Waals surface area contributed by atoms with Gasteiger partial charge >= 0.3 is 5.97 Å². The quantitative estimate of drug-likeness (QED) is 0.249. The van der Waals surface area contributed by atoms with Crippen LogP contribution in [0.1, 0.15) is 72.3 Å². The van der Waals surface area contributed by atoms with E-state index in [1.165, 1.54) is 6.07 Å². The second-order valence-corrected chi connectivity index (χ2v) is 12.6. The average molecular weight is 606 g/mol. The maximum absolute atomic E-state index is 14.8. The summed E-state index contributed by atoms with van der Waals surface area (Å²) in [5.41, 5.74) is 2.23. The molecule has 1 aromatic heterocycles. The highest BCUT2D eigenvalue weighted by Gasteiger charge is 2.43. The van der Waals surface area contributed by atoms with Gasteiger partial charge in [0.1, 0.15) is 11.6 Å². The first kappa shape index (κ1) is 28.1. The number of nitrogens with zero attached hydrogens (tertiary/aromatic N) is 3. The molecule has 8 nitrogen and oxygen atoms in total. The monoisotopic (exact) mass is 605 g/mol. The topological polar surface area (TPSA) is 97.1 Å². The van der Waals surface area contributed by atoms with Gasteiger partial charge in [-0.15, -0.1) is 0 Å². The molecule has 0 radical (unpaired) electrons. The average Bonchev–Trinajstić information content (AvgIpc) is 3.48. The number of halogens is 2. The molecular formula is C33H33ClFN3O5. The Morgan fingerprint density at radius 1 is 1.12 bits per heavy atom. The van der Waals surface area contributed by atoms with Crippen molar-refractivity contribution in [1.29, 1.82) is 0 Å². The van der Waals surface area contributed by atoms with Crippen molar-refractivity contribution in [1.82, 2.24) is 14.5 Å². The van der Waals surface area contributed by atoms with Gasteiger partial charge in [0.05, 0.1) is 40.9 Å². The van der Waals surface area contributed by atoms with Gasteiger partial charge < -0.3 is 24.3 Å². The van der Waals surface area contributed by atoms with Crippen molar-refractivity contribution in [3.63, 3.8) is 0 Å². The second kappa shape index (κ2) is 10.5. The molecule has 0 amide bonds. The second-order valence-electron chi connectivity index (χ2n) is 12.2. The Labute approximate surface area is 253 Å². The molecule has 0 spiro atoms. The molecule has 3 heterocycles. The van der Waals surface area contributed by atoms with Gasteiger partial charge in [-0.05, 0) is 93.6 Å². The molecule has 1 unspecified atom stereocenters. The van der Waals surface area contributed by atoms with Crippen LogP contribution in [0.5, 0.6) is 11.5 Å². The normalized spacial score (nSPS) is 21.7. The number of imidazole rings is 1. The van der Waals surface area contributed by atoms with Crippen LogP contribution in [0.15, 0.2) is 54.6 Å². The van der Waals surface area contributed by atoms with Crippen LogP contribution < -0.4 is 9.47 Å². The Morgan fingerprint density at radius 3 is 2.60 bits per heavy atom. The first-order valence-corrected chi connectivity index (χ1v) is 15.1. The number of hydrogen-bond acceptors (Lipinski definition) is 6. The molecule has 10 heteroatoms. The lowest BCUT2D eigenvalue weighted by molar-refractivity contribution is -0.0712. The van der Waals surface area contributed by atoms with E-state index in [1.807, 2.05) is 16.7 Å². The largest absolute Gasteiger partial charge is 0.478 e. The Bertz CT molecular complexity index is 1730. The van der Waals surface area contributed by atoms with E-state index in [9.17, 15) is 19.4 Å². The molecule has 1 saturated carbocycles. The van der Waals surface area contributed by atoms with Crippen LogP contribution in [-0.2, 0) is 18.9 Å². The highest BCUT2D eigenvalue weighted by molar-refractivity contribution is 6.30. The minimum absolute atomic E-state index is 0.207. The van der Waals surface area contributed by atoms with E-state index in [2.05, 4.69) is 11.0 Å². The number of carboxylic acids is 1. The van der Waals surface area contributed by atoms with Gasteiger partial charge in [0.15, 0.2) is 11.5 Å². The number of carboxylic acid groups (broad SMARTS) is 1. The third-order valence-electron chi connectivity index (χ3n) is 9.23. The number of aliphatic hydroxyl groups is 1. The first-order valence-electron chi connectivity index (χ1n) is 14.7. The molecule has 3 aliphatic rings. The van der Waals surface area contributed by atoms with E-state index in [1.54, 1.807) is 37.3 Å². The van der Waals surface area contributed by atoms with Crippen molar-refractivity contribution in [3.8, 4) is 11.5 Å². The third-order valence-corrected chi connectivity index (χ3v) is 9.47. The molecule has 2 N–H and O–H groups in total. The van der Waals surface area contributed by atoms with E-state index >= 15 is 0 Å². The fourth-order valence-corrected chi connectivity index (χ4v) is 6.84. The number of fused-ring (bicyclic) bond motifs is 2. The van der Waals surface area contributed by atoms with E-state index < -0.39 is 23.2 Å². The number of aromatic nitrogens is 2. The standard InChI is InChI=1S/C33H33ClFN3O5/c1-32(24-8-7-22(34)17-25(24)35)42-28-5-2-4-23(30(28)43-32)20-10-14-37(15-11-20)18-29-36-26-9-6-21(31(39)40)16-27(26)38(29)19-33(41)12-3-13-33/h2,4-9,16-17,20,41H,3,10-15,18-19H2,1H3,(H,39,40). The van der Waals surface area contributed by atoms with Crippen LogP contribution in [0.4, 0.5) is 4.39 Å². The molecule has 1 aliphatic carbocycles. The number of likely N-dealkylation sites (tertiary alicyclic amines) is 1. The van der Waals surface area contributed by atoms with Crippen molar-refractivity contribution in [2.24, 2.45) is 0 Å². The smallest absolute Gasteiger partial charge is 0.335 e.